The van der Waals surface area contributed by atoms with E-state index in [-0.39, 0.29) is 12.6 Å². The molecule has 0 fully saturated rings. The summed E-state index contributed by atoms with van der Waals surface area (Å²) in [5, 5.41) is 17.1. The first-order valence-corrected chi connectivity index (χ1v) is 6.92. The van der Waals surface area contributed by atoms with Crippen molar-refractivity contribution in [2.75, 3.05) is 19.0 Å². The Labute approximate surface area is 127 Å². The summed E-state index contributed by atoms with van der Waals surface area (Å²) < 4.78 is 6.73. The zero-order valence-electron chi connectivity index (χ0n) is 12.2. The number of nitrogens with zero attached hydrogens (tertiary/aromatic N) is 4. The number of aliphatic hydroxyl groups is 1. The third-order valence-corrected chi connectivity index (χ3v) is 3.30. The van der Waals surface area contributed by atoms with Crippen molar-refractivity contribution in [1.29, 1.82) is 0 Å². The van der Waals surface area contributed by atoms with Crippen LogP contribution in [0.1, 0.15) is 17.3 Å². The molecule has 2 heterocycles. The van der Waals surface area contributed by atoms with Crippen molar-refractivity contribution in [1.82, 2.24) is 19.6 Å². The van der Waals surface area contributed by atoms with Gasteiger partial charge in [0.2, 0.25) is 0 Å². The molecule has 2 aromatic heterocycles. The van der Waals surface area contributed by atoms with Crippen molar-refractivity contribution < 1.29 is 9.84 Å². The van der Waals surface area contributed by atoms with Crippen LogP contribution >= 0.6 is 0 Å². The van der Waals surface area contributed by atoms with Crippen molar-refractivity contribution in [3.05, 3.63) is 54.0 Å². The van der Waals surface area contributed by atoms with Gasteiger partial charge < -0.3 is 15.2 Å². The van der Waals surface area contributed by atoms with E-state index in [0.717, 1.165) is 11.3 Å². The molecule has 3 rings (SSSR count). The first-order valence-electron chi connectivity index (χ1n) is 6.92. The smallest absolute Gasteiger partial charge is 0.254 e. The van der Waals surface area contributed by atoms with E-state index in [1.807, 2.05) is 36.4 Å². The lowest BCUT2D eigenvalue weighted by Crippen LogP contribution is -2.17. The number of benzene rings is 1. The van der Waals surface area contributed by atoms with Crippen molar-refractivity contribution in [2.45, 2.75) is 12.6 Å². The highest BCUT2D eigenvalue weighted by Gasteiger charge is 2.14. The van der Waals surface area contributed by atoms with Crippen LogP contribution in [0.25, 0.3) is 5.78 Å². The minimum atomic E-state index is -0.244. The maximum atomic E-state index is 9.69. The van der Waals surface area contributed by atoms with Gasteiger partial charge in [0.05, 0.1) is 24.9 Å². The molecular formula is C15H17N5O2. The lowest BCUT2D eigenvalue weighted by atomic mass is 10.1. The molecule has 7 nitrogen and oxygen atoms in total. The second-order valence-corrected chi connectivity index (χ2v) is 4.83. The normalized spacial score (nSPS) is 12.5. The third kappa shape index (κ3) is 2.90. The summed E-state index contributed by atoms with van der Waals surface area (Å²) in [6.07, 6.45) is 1.45. The van der Waals surface area contributed by atoms with Crippen LogP contribution in [0.2, 0.25) is 0 Å². The first kappa shape index (κ1) is 14.4. The van der Waals surface area contributed by atoms with Gasteiger partial charge in [0.25, 0.3) is 5.78 Å². The van der Waals surface area contributed by atoms with Gasteiger partial charge in [0, 0.05) is 13.2 Å². The molecule has 7 heteroatoms. The summed E-state index contributed by atoms with van der Waals surface area (Å²) >= 11 is 0. The standard InChI is InChI=1S/C15H17N5O2/c1-22-9-12-7-14(20-15(18-12)16-10-17-20)19-13(8-21)11-5-3-2-4-6-11/h2-7,10,13,19,21H,8-9H2,1H3. The molecule has 0 bridgehead atoms. The number of hydrogen-bond donors (Lipinski definition) is 2. The summed E-state index contributed by atoms with van der Waals surface area (Å²) in [6.45, 7) is 0.343. The SMILES string of the molecule is COCc1cc(NC(CO)c2ccccc2)n2ncnc2n1. The van der Waals surface area contributed by atoms with Gasteiger partial charge in [-0.05, 0) is 5.56 Å². The van der Waals surface area contributed by atoms with Gasteiger partial charge in [0.15, 0.2) is 0 Å². The van der Waals surface area contributed by atoms with Crippen molar-refractivity contribution in [2.24, 2.45) is 0 Å². The molecule has 0 radical (unpaired) electrons. The van der Waals surface area contributed by atoms with Gasteiger partial charge in [0.1, 0.15) is 12.1 Å². The van der Waals surface area contributed by atoms with E-state index < -0.39 is 0 Å². The molecule has 0 amide bonds. The van der Waals surface area contributed by atoms with Gasteiger partial charge in [-0.15, -0.1) is 0 Å². The number of methoxy groups -OCH3 is 1. The van der Waals surface area contributed by atoms with Crippen molar-refractivity contribution >= 4 is 11.6 Å². The predicted octanol–water partition coefficient (Wildman–Crippen LogP) is 1.42. The van der Waals surface area contributed by atoms with Crippen LogP contribution in [0.3, 0.4) is 0 Å². The molecule has 2 N–H and O–H groups in total. The number of ether oxygens (including phenoxy) is 1. The Balaban J connectivity index is 1.96. The molecular weight excluding hydrogens is 282 g/mol. The molecule has 0 aliphatic rings. The number of anilines is 1. The monoisotopic (exact) mass is 299 g/mol. The lowest BCUT2D eigenvalue weighted by molar-refractivity contribution is 0.181. The topological polar surface area (TPSA) is 84.6 Å². The van der Waals surface area contributed by atoms with Crippen molar-refractivity contribution in [3.8, 4) is 0 Å². The molecule has 1 unspecified atom stereocenters. The van der Waals surface area contributed by atoms with E-state index in [9.17, 15) is 5.11 Å². The largest absolute Gasteiger partial charge is 0.394 e. The van der Waals surface area contributed by atoms with Crippen LogP contribution in [0, 0.1) is 0 Å². The minimum Gasteiger partial charge on any atom is -0.394 e. The Bertz CT molecular complexity index is 744. The summed E-state index contributed by atoms with van der Waals surface area (Å²) in [7, 11) is 1.61. The van der Waals surface area contributed by atoms with Gasteiger partial charge in [-0.1, -0.05) is 30.3 Å². The molecule has 0 spiro atoms. The first-order chi connectivity index (χ1) is 10.8. The van der Waals surface area contributed by atoms with Gasteiger partial charge >= 0.3 is 0 Å². The second-order valence-electron chi connectivity index (χ2n) is 4.83. The molecule has 1 atom stereocenters. The van der Waals surface area contributed by atoms with Gasteiger partial charge in [-0.3, -0.25) is 0 Å². The average molecular weight is 299 g/mol. The molecule has 0 aliphatic heterocycles. The number of hydrogen-bond acceptors (Lipinski definition) is 6. The molecule has 22 heavy (non-hydrogen) atoms. The van der Waals surface area contributed by atoms with E-state index in [0.29, 0.717) is 18.2 Å². The summed E-state index contributed by atoms with van der Waals surface area (Å²) in [4.78, 5) is 8.46. The van der Waals surface area contributed by atoms with E-state index in [1.54, 1.807) is 11.6 Å². The molecule has 0 saturated heterocycles. The number of aromatic nitrogens is 4. The number of fused-ring (bicyclic) bond motifs is 1. The number of aliphatic hydroxyl groups excluding tert-OH is 1. The van der Waals surface area contributed by atoms with Gasteiger partial charge in [-0.2, -0.15) is 14.6 Å². The van der Waals surface area contributed by atoms with E-state index in [1.165, 1.54) is 6.33 Å². The quantitative estimate of drug-likeness (QED) is 0.716. The average Bonchev–Trinajstić information content (AvgIpc) is 3.02. The fourth-order valence-electron chi connectivity index (χ4n) is 2.28. The maximum absolute atomic E-state index is 9.69. The van der Waals surface area contributed by atoms with Crippen LogP contribution in [0.5, 0.6) is 0 Å². The molecule has 0 saturated carbocycles. The Kier molecular flexibility index (Phi) is 4.27. The maximum Gasteiger partial charge on any atom is 0.254 e. The zero-order chi connectivity index (χ0) is 15.4. The predicted molar refractivity (Wildman–Crippen MR) is 81.4 cm³/mol. The zero-order valence-corrected chi connectivity index (χ0v) is 12.2. The molecule has 114 valence electrons. The van der Waals surface area contributed by atoms with E-state index in [4.69, 9.17) is 4.74 Å². The fourth-order valence-corrected chi connectivity index (χ4v) is 2.28. The fraction of sp³-hybridized carbons (Fsp3) is 0.267. The van der Waals surface area contributed by atoms with Crippen LogP contribution < -0.4 is 5.32 Å². The van der Waals surface area contributed by atoms with E-state index >= 15 is 0 Å². The summed E-state index contributed by atoms with van der Waals surface area (Å²) in [5.74, 6) is 1.19. The summed E-state index contributed by atoms with van der Waals surface area (Å²) in [6, 6.07) is 11.3. The molecule has 1 aromatic carbocycles. The van der Waals surface area contributed by atoms with Crippen molar-refractivity contribution in [3.63, 3.8) is 0 Å². The Hall–Kier alpha value is -2.51. The third-order valence-electron chi connectivity index (χ3n) is 3.30. The second kappa shape index (κ2) is 6.50. The summed E-state index contributed by atoms with van der Waals surface area (Å²) in [5.41, 5.74) is 1.73. The highest BCUT2D eigenvalue weighted by Crippen LogP contribution is 2.20. The van der Waals surface area contributed by atoms with Crippen LogP contribution in [-0.4, -0.2) is 38.4 Å². The number of rotatable bonds is 6. The lowest BCUT2D eigenvalue weighted by Gasteiger charge is -2.18. The highest BCUT2D eigenvalue weighted by molar-refractivity contribution is 5.46. The Morgan fingerprint density at radius 2 is 2.14 bits per heavy atom. The molecule has 0 aliphatic carbocycles. The Morgan fingerprint density at radius 1 is 1.32 bits per heavy atom. The van der Waals surface area contributed by atoms with E-state index in [2.05, 4.69) is 20.4 Å². The van der Waals surface area contributed by atoms with Crippen LogP contribution in [0.4, 0.5) is 5.82 Å². The minimum absolute atomic E-state index is 0.0395. The Morgan fingerprint density at radius 3 is 2.86 bits per heavy atom. The molecule has 3 aromatic rings. The number of nitrogens with one attached hydrogen (secondary N) is 1. The highest BCUT2D eigenvalue weighted by atomic mass is 16.5. The van der Waals surface area contributed by atoms with Gasteiger partial charge in [-0.25, -0.2) is 4.98 Å². The van der Waals surface area contributed by atoms with Crippen LogP contribution in [-0.2, 0) is 11.3 Å². The van der Waals surface area contributed by atoms with Crippen LogP contribution in [0.15, 0.2) is 42.7 Å².